The number of nitrogens with one attached hydrogen (secondary N) is 1. The average Bonchev–Trinajstić information content (AvgIpc) is 2.41. The van der Waals surface area contributed by atoms with E-state index in [1.807, 2.05) is 0 Å². The summed E-state index contributed by atoms with van der Waals surface area (Å²) in [4.78, 5) is 0. The Labute approximate surface area is 124 Å². The summed E-state index contributed by atoms with van der Waals surface area (Å²) >= 11 is 0. The van der Waals surface area contributed by atoms with Crippen molar-refractivity contribution in [3.63, 3.8) is 0 Å². The first-order valence-electron chi connectivity index (χ1n) is 7.93. The van der Waals surface area contributed by atoms with Gasteiger partial charge in [-0.1, -0.05) is 37.6 Å². The SMILES string of the molecule is CCCNC(c1ccc(C)cc1C)C(C)(CC)OCC. The third-order valence-corrected chi connectivity index (χ3v) is 4.12. The summed E-state index contributed by atoms with van der Waals surface area (Å²) in [6.07, 6.45) is 2.13. The van der Waals surface area contributed by atoms with E-state index in [9.17, 15) is 0 Å². The van der Waals surface area contributed by atoms with Gasteiger partial charge in [-0.3, -0.25) is 0 Å². The molecule has 0 aromatic heterocycles. The Morgan fingerprint density at radius 1 is 1.20 bits per heavy atom. The second-order valence-electron chi connectivity index (χ2n) is 5.85. The standard InChI is InChI=1S/C18H31NO/c1-7-12-19-17(18(6,8-2)20-9-3)16-11-10-14(4)13-15(16)5/h10-11,13,17,19H,7-9,12H2,1-6H3. The zero-order valence-corrected chi connectivity index (χ0v) is 14.0. The van der Waals surface area contributed by atoms with Gasteiger partial charge in [0.2, 0.25) is 0 Å². The lowest BCUT2D eigenvalue weighted by molar-refractivity contribution is -0.0564. The van der Waals surface area contributed by atoms with Crippen molar-refractivity contribution in [2.45, 2.75) is 66.0 Å². The fraction of sp³-hybridized carbons (Fsp3) is 0.667. The van der Waals surface area contributed by atoms with Crippen molar-refractivity contribution in [2.75, 3.05) is 13.2 Å². The summed E-state index contributed by atoms with van der Waals surface area (Å²) in [5, 5.41) is 3.70. The second kappa shape index (κ2) is 7.80. The molecule has 0 aliphatic heterocycles. The van der Waals surface area contributed by atoms with Crippen LogP contribution in [0.15, 0.2) is 18.2 Å². The van der Waals surface area contributed by atoms with Crippen molar-refractivity contribution in [2.24, 2.45) is 0 Å². The van der Waals surface area contributed by atoms with Crippen LogP contribution in [0, 0.1) is 13.8 Å². The molecule has 0 bridgehead atoms. The minimum atomic E-state index is -0.163. The molecule has 1 aromatic rings. The average molecular weight is 277 g/mol. The van der Waals surface area contributed by atoms with Crippen molar-refractivity contribution in [1.82, 2.24) is 5.32 Å². The van der Waals surface area contributed by atoms with Gasteiger partial charge < -0.3 is 10.1 Å². The molecule has 0 spiro atoms. The van der Waals surface area contributed by atoms with Crippen LogP contribution < -0.4 is 5.32 Å². The van der Waals surface area contributed by atoms with Gasteiger partial charge in [0.25, 0.3) is 0 Å². The lowest BCUT2D eigenvalue weighted by Gasteiger charge is -2.38. The second-order valence-corrected chi connectivity index (χ2v) is 5.85. The molecule has 2 atom stereocenters. The number of aryl methyl sites for hydroxylation is 2. The molecule has 0 heterocycles. The highest BCUT2D eigenvalue weighted by atomic mass is 16.5. The van der Waals surface area contributed by atoms with Gasteiger partial charge in [-0.05, 0) is 58.2 Å². The quantitative estimate of drug-likeness (QED) is 0.752. The minimum absolute atomic E-state index is 0.163. The van der Waals surface area contributed by atoms with Crippen LogP contribution in [-0.2, 0) is 4.74 Å². The molecule has 1 aromatic carbocycles. The van der Waals surface area contributed by atoms with Crippen molar-refractivity contribution in [1.29, 1.82) is 0 Å². The number of hydrogen-bond acceptors (Lipinski definition) is 2. The maximum absolute atomic E-state index is 6.11. The highest BCUT2D eigenvalue weighted by Crippen LogP contribution is 2.34. The van der Waals surface area contributed by atoms with Crippen LogP contribution in [0.1, 0.15) is 63.3 Å². The van der Waals surface area contributed by atoms with Gasteiger partial charge in [0.1, 0.15) is 0 Å². The number of hydrogen-bond donors (Lipinski definition) is 1. The van der Waals surface area contributed by atoms with E-state index in [1.54, 1.807) is 0 Å². The highest BCUT2D eigenvalue weighted by Gasteiger charge is 2.34. The van der Waals surface area contributed by atoms with Crippen LogP contribution in [0.4, 0.5) is 0 Å². The van der Waals surface area contributed by atoms with Gasteiger partial charge in [-0.2, -0.15) is 0 Å². The predicted molar refractivity (Wildman–Crippen MR) is 87.3 cm³/mol. The summed E-state index contributed by atoms with van der Waals surface area (Å²) in [5.41, 5.74) is 3.86. The van der Waals surface area contributed by atoms with Crippen LogP contribution in [0.2, 0.25) is 0 Å². The first kappa shape index (κ1) is 17.2. The Morgan fingerprint density at radius 3 is 2.40 bits per heavy atom. The maximum atomic E-state index is 6.11. The van der Waals surface area contributed by atoms with Crippen LogP contribution in [0.25, 0.3) is 0 Å². The predicted octanol–water partition coefficient (Wildman–Crippen LogP) is 4.55. The molecule has 0 aliphatic carbocycles. The molecule has 2 nitrogen and oxygen atoms in total. The van der Waals surface area contributed by atoms with E-state index in [0.29, 0.717) is 0 Å². The fourth-order valence-electron chi connectivity index (χ4n) is 2.81. The largest absolute Gasteiger partial charge is 0.374 e. The molecule has 1 N–H and O–H groups in total. The van der Waals surface area contributed by atoms with Crippen LogP contribution in [-0.4, -0.2) is 18.8 Å². The van der Waals surface area contributed by atoms with Crippen molar-refractivity contribution in [3.05, 3.63) is 34.9 Å². The summed E-state index contributed by atoms with van der Waals surface area (Å²) in [7, 11) is 0. The van der Waals surface area contributed by atoms with Crippen LogP contribution in [0.3, 0.4) is 0 Å². The number of ether oxygens (including phenoxy) is 1. The monoisotopic (exact) mass is 277 g/mol. The summed E-state index contributed by atoms with van der Waals surface area (Å²) in [6, 6.07) is 6.96. The van der Waals surface area contributed by atoms with Gasteiger partial charge in [0.15, 0.2) is 0 Å². The lowest BCUT2D eigenvalue weighted by atomic mass is 9.85. The normalized spacial score (nSPS) is 15.9. The zero-order valence-electron chi connectivity index (χ0n) is 14.0. The first-order valence-corrected chi connectivity index (χ1v) is 7.93. The Balaban J connectivity index is 3.16. The molecule has 0 saturated heterocycles. The Hall–Kier alpha value is -0.860. The van der Waals surface area contributed by atoms with E-state index in [-0.39, 0.29) is 11.6 Å². The molecule has 2 unspecified atom stereocenters. The molecule has 0 radical (unpaired) electrons. The first-order chi connectivity index (χ1) is 9.48. The molecule has 0 aliphatic rings. The summed E-state index contributed by atoms with van der Waals surface area (Å²) < 4.78 is 6.11. The van der Waals surface area contributed by atoms with E-state index in [0.717, 1.165) is 26.0 Å². The van der Waals surface area contributed by atoms with E-state index in [1.165, 1.54) is 16.7 Å². The number of benzene rings is 1. The zero-order chi connectivity index (χ0) is 15.2. The third kappa shape index (κ3) is 4.07. The fourth-order valence-corrected chi connectivity index (χ4v) is 2.81. The molecule has 114 valence electrons. The smallest absolute Gasteiger partial charge is 0.0845 e. The van der Waals surface area contributed by atoms with E-state index in [4.69, 9.17) is 4.74 Å². The molecular formula is C18H31NO. The minimum Gasteiger partial charge on any atom is -0.374 e. The Morgan fingerprint density at radius 2 is 1.90 bits per heavy atom. The molecule has 2 heteroatoms. The van der Waals surface area contributed by atoms with Gasteiger partial charge in [-0.15, -0.1) is 0 Å². The topological polar surface area (TPSA) is 21.3 Å². The summed E-state index contributed by atoms with van der Waals surface area (Å²) in [5.74, 6) is 0. The van der Waals surface area contributed by atoms with Crippen LogP contribution >= 0.6 is 0 Å². The number of rotatable bonds is 8. The van der Waals surface area contributed by atoms with Gasteiger partial charge in [-0.25, -0.2) is 0 Å². The van der Waals surface area contributed by atoms with E-state index < -0.39 is 0 Å². The van der Waals surface area contributed by atoms with Crippen molar-refractivity contribution < 1.29 is 4.74 Å². The van der Waals surface area contributed by atoms with Gasteiger partial charge in [0, 0.05) is 6.61 Å². The maximum Gasteiger partial charge on any atom is 0.0845 e. The highest BCUT2D eigenvalue weighted by molar-refractivity contribution is 5.34. The van der Waals surface area contributed by atoms with Crippen molar-refractivity contribution >= 4 is 0 Å². The molecular weight excluding hydrogens is 246 g/mol. The Kier molecular flexibility index (Phi) is 6.70. The summed E-state index contributed by atoms with van der Waals surface area (Å²) in [6.45, 7) is 14.8. The lowest BCUT2D eigenvalue weighted by Crippen LogP contribution is -2.44. The van der Waals surface area contributed by atoms with Gasteiger partial charge >= 0.3 is 0 Å². The molecule has 0 fully saturated rings. The van der Waals surface area contributed by atoms with Gasteiger partial charge in [0.05, 0.1) is 11.6 Å². The molecule has 0 saturated carbocycles. The third-order valence-electron chi connectivity index (χ3n) is 4.12. The van der Waals surface area contributed by atoms with E-state index in [2.05, 4.69) is 65.1 Å². The Bertz CT molecular complexity index is 416. The molecule has 20 heavy (non-hydrogen) atoms. The molecule has 0 amide bonds. The molecule has 1 rings (SSSR count). The van der Waals surface area contributed by atoms with Crippen molar-refractivity contribution in [3.8, 4) is 0 Å². The van der Waals surface area contributed by atoms with E-state index >= 15 is 0 Å². The van der Waals surface area contributed by atoms with Crippen LogP contribution in [0.5, 0.6) is 0 Å².